The van der Waals surface area contributed by atoms with Crippen LogP contribution in [0.25, 0.3) is 16.5 Å². The van der Waals surface area contributed by atoms with E-state index in [1.54, 1.807) is 5.01 Å². The van der Waals surface area contributed by atoms with Crippen LogP contribution in [0, 0.1) is 0 Å². The summed E-state index contributed by atoms with van der Waals surface area (Å²) in [5, 5.41) is 4.11. The van der Waals surface area contributed by atoms with Gasteiger partial charge < -0.3 is 9.75 Å². The molecule has 2 aromatic rings. The minimum atomic E-state index is 0.730. The highest BCUT2D eigenvalue weighted by atomic mass is 16.5. The molecule has 130 valence electrons. The van der Waals surface area contributed by atoms with Gasteiger partial charge in [-0.1, -0.05) is 36.4 Å². The van der Waals surface area contributed by atoms with Crippen molar-refractivity contribution in [3.05, 3.63) is 60.2 Å². The second-order valence-corrected chi connectivity index (χ2v) is 6.69. The number of hydrogen-bond donors (Lipinski definition) is 1. The van der Waals surface area contributed by atoms with Crippen molar-refractivity contribution in [3.8, 4) is 5.75 Å². The molecular weight excluding hydrogens is 310 g/mol. The van der Waals surface area contributed by atoms with Crippen molar-refractivity contribution in [2.24, 2.45) is 5.84 Å². The van der Waals surface area contributed by atoms with E-state index in [-0.39, 0.29) is 0 Å². The first kappa shape index (κ1) is 16.2. The number of benzene rings is 2. The van der Waals surface area contributed by atoms with Crippen LogP contribution < -0.4 is 10.6 Å². The van der Waals surface area contributed by atoms with E-state index in [0.29, 0.717) is 0 Å². The number of fused-ring (bicyclic) bond motifs is 1. The van der Waals surface area contributed by atoms with Gasteiger partial charge in [-0.05, 0) is 49.5 Å². The molecule has 0 radical (unpaired) electrons. The summed E-state index contributed by atoms with van der Waals surface area (Å²) in [6.45, 7) is 4.88. The van der Waals surface area contributed by atoms with E-state index in [2.05, 4.69) is 59.5 Å². The zero-order chi connectivity index (χ0) is 17.1. The lowest BCUT2D eigenvalue weighted by Crippen LogP contribution is -2.30. The molecule has 0 atom stereocenters. The predicted molar refractivity (Wildman–Crippen MR) is 103 cm³/mol. The Hall–Kier alpha value is -2.30. The van der Waals surface area contributed by atoms with Crippen LogP contribution >= 0.6 is 0 Å². The molecule has 0 unspecified atom stereocenters. The van der Waals surface area contributed by atoms with Gasteiger partial charge >= 0.3 is 0 Å². The maximum absolute atomic E-state index is 6.17. The van der Waals surface area contributed by atoms with Crippen LogP contribution in [0.2, 0.25) is 0 Å². The Kier molecular flexibility index (Phi) is 4.72. The van der Waals surface area contributed by atoms with Crippen LogP contribution in [0.4, 0.5) is 0 Å². The summed E-state index contributed by atoms with van der Waals surface area (Å²) >= 11 is 0. The Morgan fingerprint density at radius 1 is 1.00 bits per heavy atom. The van der Waals surface area contributed by atoms with Crippen molar-refractivity contribution in [3.63, 3.8) is 0 Å². The molecule has 1 fully saturated rings. The Morgan fingerprint density at radius 3 is 2.60 bits per heavy atom. The molecular formula is C21H25N3O. The van der Waals surface area contributed by atoms with Gasteiger partial charge in [0.1, 0.15) is 12.4 Å². The fourth-order valence-corrected chi connectivity index (χ4v) is 3.68. The lowest BCUT2D eigenvalue weighted by molar-refractivity contribution is 0.239. The van der Waals surface area contributed by atoms with Crippen molar-refractivity contribution in [1.82, 2.24) is 9.91 Å². The highest BCUT2D eigenvalue weighted by molar-refractivity contribution is 5.97. The van der Waals surface area contributed by atoms with Crippen LogP contribution in [0.1, 0.15) is 18.4 Å². The molecule has 4 heteroatoms. The second-order valence-electron chi connectivity index (χ2n) is 6.69. The summed E-state index contributed by atoms with van der Waals surface area (Å²) in [4.78, 5) is 2.47. The first-order valence-electron chi connectivity index (χ1n) is 9.09. The van der Waals surface area contributed by atoms with Crippen molar-refractivity contribution in [2.75, 3.05) is 32.8 Å². The zero-order valence-corrected chi connectivity index (χ0v) is 14.5. The molecule has 1 saturated heterocycles. The zero-order valence-electron chi connectivity index (χ0n) is 14.5. The number of hydrogen-bond acceptors (Lipinski definition) is 4. The van der Waals surface area contributed by atoms with Gasteiger partial charge in [-0.2, -0.15) is 0 Å². The SMILES string of the molecule is NN1CC=CC=C1c1ccc(OCCN2CCCC2)c2ccccc12. The molecule has 0 spiro atoms. The molecule has 0 aromatic heterocycles. The quantitative estimate of drug-likeness (QED) is 0.851. The fourth-order valence-electron chi connectivity index (χ4n) is 3.68. The number of nitrogens with two attached hydrogens (primary N) is 1. The maximum atomic E-state index is 6.17. The van der Waals surface area contributed by atoms with E-state index < -0.39 is 0 Å². The molecule has 0 aliphatic carbocycles. The Bertz CT molecular complexity index is 806. The largest absolute Gasteiger partial charge is 0.492 e. The van der Waals surface area contributed by atoms with Crippen molar-refractivity contribution < 1.29 is 4.74 Å². The molecule has 25 heavy (non-hydrogen) atoms. The van der Waals surface area contributed by atoms with Gasteiger partial charge in [0.2, 0.25) is 0 Å². The van der Waals surface area contributed by atoms with E-state index in [9.17, 15) is 0 Å². The number of nitrogens with zero attached hydrogens (tertiary/aromatic N) is 2. The van der Waals surface area contributed by atoms with Gasteiger partial charge in [0.25, 0.3) is 0 Å². The summed E-state index contributed by atoms with van der Waals surface area (Å²) in [7, 11) is 0. The average Bonchev–Trinajstić information content (AvgIpc) is 3.16. The second kappa shape index (κ2) is 7.30. The van der Waals surface area contributed by atoms with Crippen molar-refractivity contribution in [1.29, 1.82) is 0 Å². The van der Waals surface area contributed by atoms with Crippen LogP contribution in [-0.4, -0.2) is 42.7 Å². The summed E-state index contributed by atoms with van der Waals surface area (Å²) in [6, 6.07) is 12.6. The topological polar surface area (TPSA) is 41.7 Å². The normalized spacial score (nSPS) is 18.0. The van der Waals surface area contributed by atoms with Gasteiger partial charge in [0.05, 0.1) is 12.2 Å². The van der Waals surface area contributed by atoms with E-state index in [1.807, 2.05) is 0 Å². The molecule has 0 bridgehead atoms. The highest BCUT2D eigenvalue weighted by Crippen LogP contribution is 2.33. The van der Waals surface area contributed by atoms with Crippen LogP contribution in [0.5, 0.6) is 5.75 Å². The third-order valence-corrected chi connectivity index (χ3v) is 5.03. The summed E-state index contributed by atoms with van der Waals surface area (Å²) < 4.78 is 6.13. The third kappa shape index (κ3) is 3.41. The number of ether oxygens (including phenoxy) is 1. The molecule has 4 rings (SSSR count). The minimum absolute atomic E-state index is 0.730. The first-order chi connectivity index (χ1) is 12.3. The number of allylic oxidation sites excluding steroid dienone is 2. The molecule has 4 nitrogen and oxygen atoms in total. The number of likely N-dealkylation sites (tertiary alicyclic amines) is 1. The molecule has 0 amide bonds. The van der Waals surface area contributed by atoms with Gasteiger partial charge in [0, 0.05) is 17.5 Å². The fraction of sp³-hybridized carbons (Fsp3) is 0.333. The molecule has 2 heterocycles. The van der Waals surface area contributed by atoms with Crippen LogP contribution in [-0.2, 0) is 0 Å². The summed E-state index contributed by atoms with van der Waals surface area (Å²) in [5.74, 6) is 7.12. The lowest BCUT2D eigenvalue weighted by Gasteiger charge is -2.24. The van der Waals surface area contributed by atoms with E-state index in [0.717, 1.165) is 42.1 Å². The third-order valence-electron chi connectivity index (χ3n) is 5.03. The van der Waals surface area contributed by atoms with E-state index in [4.69, 9.17) is 10.6 Å². The van der Waals surface area contributed by atoms with Crippen molar-refractivity contribution in [2.45, 2.75) is 12.8 Å². The van der Waals surface area contributed by atoms with Gasteiger partial charge in [-0.3, -0.25) is 4.90 Å². The van der Waals surface area contributed by atoms with E-state index in [1.165, 1.54) is 31.3 Å². The van der Waals surface area contributed by atoms with E-state index >= 15 is 0 Å². The van der Waals surface area contributed by atoms with Crippen LogP contribution in [0.3, 0.4) is 0 Å². The van der Waals surface area contributed by atoms with Crippen LogP contribution in [0.15, 0.2) is 54.6 Å². The standard InChI is InChI=1S/C21H25N3O/c22-24-14-4-3-9-20(24)18-10-11-21(19-8-2-1-7-17(18)19)25-16-15-23-12-5-6-13-23/h1-4,7-11H,5-6,12-16,22H2. The Morgan fingerprint density at radius 2 is 1.80 bits per heavy atom. The molecule has 2 aliphatic heterocycles. The number of hydrazine groups is 1. The monoisotopic (exact) mass is 335 g/mol. The molecule has 2 N–H and O–H groups in total. The van der Waals surface area contributed by atoms with Gasteiger partial charge in [0.15, 0.2) is 0 Å². The summed E-state index contributed by atoms with van der Waals surface area (Å²) in [5.41, 5.74) is 2.19. The number of rotatable bonds is 5. The average molecular weight is 335 g/mol. The Labute approximate surface area is 149 Å². The molecule has 2 aromatic carbocycles. The lowest BCUT2D eigenvalue weighted by atomic mass is 10.00. The van der Waals surface area contributed by atoms with Crippen molar-refractivity contribution >= 4 is 16.5 Å². The smallest absolute Gasteiger partial charge is 0.127 e. The molecule has 2 aliphatic rings. The highest BCUT2D eigenvalue weighted by Gasteiger charge is 2.15. The summed E-state index contributed by atoms with van der Waals surface area (Å²) in [6.07, 6.45) is 8.82. The maximum Gasteiger partial charge on any atom is 0.127 e. The van der Waals surface area contributed by atoms with Gasteiger partial charge in [-0.15, -0.1) is 0 Å². The first-order valence-corrected chi connectivity index (χ1v) is 9.09. The molecule has 0 saturated carbocycles. The minimum Gasteiger partial charge on any atom is -0.492 e. The Balaban J connectivity index is 1.60. The predicted octanol–water partition coefficient (Wildman–Crippen LogP) is 3.40. The van der Waals surface area contributed by atoms with Gasteiger partial charge in [-0.25, -0.2) is 5.84 Å².